The largest absolute Gasteiger partial charge is 0.507 e. The summed E-state index contributed by atoms with van der Waals surface area (Å²) in [6.07, 6.45) is 0. The lowest BCUT2D eigenvalue weighted by Gasteiger charge is -2.28. The molecular weight excluding hydrogens is 687 g/mol. The van der Waals surface area contributed by atoms with Crippen LogP contribution in [0.15, 0.2) is 206 Å². The van der Waals surface area contributed by atoms with Gasteiger partial charge in [-0.05, 0) is 78.4 Å². The lowest BCUT2D eigenvalue weighted by molar-refractivity contribution is 0.466. The molecule has 262 valence electrons. The molecule has 0 saturated heterocycles. The number of hydrogen-bond donors (Lipinski definition) is 1. The van der Waals surface area contributed by atoms with Gasteiger partial charge in [0.1, 0.15) is 51.7 Å². The molecule has 5 nitrogen and oxygen atoms in total. The molecule has 8 aromatic rings. The van der Waals surface area contributed by atoms with E-state index in [0.717, 1.165) is 16.2 Å². The van der Waals surface area contributed by atoms with Crippen LogP contribution in [0, 0.1) is 0 Å². The summed E-state index contributed by atoms with van der Waals surface area (Å²) >= 11 is 0. The third kappa shape index (κ3) is 7.68. The zero-order valence-electron chi connectivity index (χ0n) is 29.2. The number of ether oxygens (including phenoxy) is 4. The van der Waals surface area contributed by atoms with Crippen LogP contribution >= 0.6 is 7.92 Å². The minimum atomic E-state index is -1.79. The Hall–Kier alpha value is -6.81. The summed E-state index contributed by atoms with van der Waals surface area (Å²) in [7, 11) is -1.79. The molecule has 0 saturated carbocycles. The lowest BCUT2D eigenvalue weighted by atomic mass is 10.1. The van der Waals surface area contributed by atoms with Crippen molar-refractivity contribution in [2.24, 2.45) is 0 Å². The fourth-order valence-electron chi connectivity index (χ4n) is 6.15. The topological polar surface area (TPSA) is 57.2 Å². The van der Waals surface area contributed by atoms with Gasteiger partial charge in [-0.3, -0.25) is 0 Å². The van der Waals surface area contributed by atoms with E-state index in [-0.39, 0.29) is 5.75 Å². The normalized spacial score (nSPS) is 10.8. The van der Waals surface area contributed by atoms with Crippen molar-refractivity contribution in [1.82, 2.24) is 0 Å². The SMILES string of the molecule is Oc1c(-c2ccccc2)cccc1P(c1c(Oc2ccccc2)cccc1Oc1ccccc1)c1c(Oc2ccccc2)cccc1Oc1ccccc1. The second-order valence-corrected chi connectivity index (χ2v) is 14.3. The maximum atomic E-state index is 12.5. The van der Waals surface area contributed by atoms with Crippen molar-refractivity contribution in [1.29, 1.82) is 0 Å². The van der Waals surface area contributed by atoms with Crippen molar-refractivity contribution in [2.75, 3.05) is 0 Å². The second-order valence-electron chi connectivity index (χ2n) is 12.2. The fourth-order valence-corrected chi connectivity index (χ4v) is 8.79. The third-order valence-electron chi connectivity index (χ3n) is 8.60. The highest BCUT2D eigenvalue weighted by Crippen LogP contribution is 2.50. The van der Waals surface area contributed by atoms with Crippen LogP contribution < -0.4 is 34.9 Å². The maximum Gasteiger partial charge on any atom is 0.139 e. The van der Waals surface area contributed by atoms with Gasteiger partial charge in [-0.25, -0.2) is 0 Å². The number of phenolic OH excluding ortho intramolecular Hbond substituents is 1. The maximum absolute atomic E-state index is 12.5. The molecule has 0 aliphatic heterocycles. The highest BCUT2D eigenvalue weighted by molar-refractivity contribution is 7.80. The Morgan fingerprint density at radius 1 is 0.315 bits per heavy atom. The quantitative estimate of drug-likeness (QED) is 0.127. The van der Waals surface area contributed by atoms with Gasteiger partial charge in [-0.2, -0.15) is 0 Å². The van der Waals surface area contributed by atoms with Crippen molar-refractivity contribution in [3.05, 3.63) is 206 Å². The molecule has 0 aromatic heterocycles. The zero-order valence-corrected chi connectivity index (χ0v) is 30.1. The Balaban J connectivity index is 1.44. The van der Waals surface area contributed by atoms with E-state index in [1.807, 2.05) is 206 Å². The van der Waals surface area contributed by atoms with Gasteiger partial charge in [0.15, 0.2) is 0 Å². The molecule has 0 atom stereocenters. The molecular formula is C48H35O5P. The standard InChI is InChI=1S/C48H35O5P/c49-46-40(35-19-6-1-7-20-35)29-16-34-45(46)54(47-41(50-36-21-8-2-9-22-36)30-17-31-42(47)51-37-23-10-3-11-24-37)48-43(52-38-25-12-4-13-26-38)32-18-33-44(48)53-39-27-14-5-15-28-39/h1-34,49H. The number of para-hydroxylation sites is 5. The molecule has 54 heavy (non-hydrogen) atoms. The van der Waals surface area contributed by atoms with E-state index in [1.54, 1.807) is 0 Å². The van der Waals surface area contributed by atoms with Crippen molar-refractivity contribution in [3.63, 3.8) is 0 Å². The van der Waals surface area contributed by atoms with Gasteiger partial charge in [0.05, 0.1) is 10.6 Å². The smallest absolute Gasteiger partial charge is 0.139 e. The van der Waals surface area contributed by atoms with E-state index in [1.165, 1.54) is 0 Å². The summed E-state index contributed by atoms with van der Waals surface area (Å²) in [4.78, 5) is 0. The summed E-state index contributed by atoms with van der Waals surface area (Å²) in [6, 6.07) is 66.0. The Bertz CT molecular complexity index is 2190. The molecule has 1 N–H and O–H groups in total. The number of benzene rings is 8. The highest BCUT2D eigenvalue weighted by atomic mass is 31.1. The first-order chi connectivity index (χ1) is 26.7. The first-order valence-corrected chi connectivity index (χ1v) is 18.9. The van der Waals surface area contributed by atoms with E-state index in [9.17, 15) is 5.11 Å². The predicted octanol–water partition coefficient (Wildman–Crippen LogP) is 12.0. The fraction of sp³-hybridized carbons (Fsp3) is 0. The van der Waals surface area contributed by atoms with Crippen LogP contribution in [0.25, 0.3) is 11.1 Å². The first-order valence-electron chi connectivity index (χ1n) is 17.6. The molecule has 0 spiro atoms. The van der Waals surface area contributed by atoms with Gasteiger partial charge in [0, 0.05) is 18.8 Å². The summed E-state index contributed by atoms with van der Waals surface area (Å²) in [5.74, 6) is 5.00. The molecule has 8 aromatic carbocycles. The molecule has 0 aliphatic rings. The van der Waals surface area contributed by atoms with Crippen LogP contribution in [0.5, 0.6) is 51.7 Å². The van der Waals surface area contributed by atoms with Crippen molar-refractivity contribution in [2.45, 2.75) is 0 Å². The van der Waals surface area contributed by atoms with E-state index >= 15 is 0 Å². The Kier molecular flexibility index (Phi) is 10.3. The van der Waals surface area contributed by atoms with Gasteiger partial charge < -0.3 is 24.1 Å². The van der Waals surface area contributed by atoms with Gasteiger partial charge in [-0.15, -0.1) is 0 Å². The molecule has 0 heterocycles. The van der Waals surface area contributed by atoms with Gasteiger partial charge >= 0.3 is 0 Å². The van der Waals surface area contributed by atoms with E-state index in [4.69, 9.17) is 18.9 Å². The highest BCUT2D eigenvalue weighted by Gasteiger charge is 2.34. The monoisotopic (exact) mass is 722 g/mol. The lowest BCUT2D eigenvalue weighted by Crippen LogP contribution is -2.25. The zero-order chi connectivity index (χ0) is 36.5. The molecule has 0 aliphatic carbocycles. The second kappa shape index (κ2) is 16.2. The van der Waals surface area contributed by atoms with Crippen LogP contribution in [0.3, 0.4) is 0 Å². The van der Waals surface area contributed by atoms with Crippen LogP contribution in [-0.4, -0.2) is 5.11 Å². The summed E-state index contributed by atoms with van der Waals surface area (Å²) in [6.45, 7) is 0. The molecule has 0 fully saturated rings. The number of phenols is 1. The van der Waals surface area contributed by atoms with Gasteiger partial charge in [-0.1, -0.05) is 133 Å². The first kappa shape index (κ1) is 34.3. The average molecular weight is 723 g/mol. The molecule has 0 bridgehead atoms. The molecule has 0 unspecified atom stereocenters. The van der Waals surface area contributed by atoms with E-state index in [2.05, 4.69) is 0 Å². The van der Waals surface area contributed by atoms with Crippen LogP contribution in [0.4, 0.5) is 0 Å². The molecule has 0 amide bonds. The summed E-state index contributed by atoms with van der Waals surface area (Å²) in [5.41, 5.74) is 1.58. The number of rotatable bonds is 12. The van der Waals surface area contributed by atoms with Gasteiger partial charge in [0.25, 0.3) is 0 Å². The van der Waals surface area contributed by atoms with Crippen molar-refractivity contribution >= 4 is 23.8 Å². The number of hydrogen-bond acceptors (Lipinski definition) is 5. The minimum absolute atomic E-state index is 0.134. The van der Waals surface area contributed by atoms with E-state index < -0.39 is 7.92 Å². The van der Waals surface area contributed by atoms with Crippen molar-refractivity contribution in [3.8, 4) is 62.9 Å². The predicted molar refractivity (Wildman–Crippen MR) is 218 cm³/mol. The number of aromatic hydroxyl groups is 1. The Labute approximate surface area is 316 Å². The van der Waals surface area contributed by atoms with E-state index in [0.29, 0.717) is 56.9 Å². The minimum Gasteiger partial charge on any atom is -0.507 e. The molecule has 0 radical (unpaired) electrons. The Morgan fingerprint density at radius 3 is 0.981 bits per heavy atom. The summed E-state index contributed by atoms with van der Waals surface area (Å²) < 4.78 is 27.0. The van der Waals surface area contributed by atoms with Crippen LogP contribution in [0.1, 0.15) is 0 Å². The molecule has 8 rings (SSSR count). The average Bonchev–Trinajstić information content (AvgIpc) is 3.22. The van der Waals surface area contributed by atoms with Crippen molar-refractivity contribution < 1.29 is 24.1 Å². The van der Waals surface area contributed by atoms with Crippen LogP contribution in [0.2, 0.25) is 0 Å². The molecule has 6 heteroatoms. The third-order valence-corrected chi connectivity index (χ3v) is 11.2. The Morgan fingerprint density at radius 2 is 0.630 bits per heavy atom. The van der Waals surface area contributed by atoms with Gasteiger partial charge in [0.2, 0.25) is 0 Å². The summed E-state index contributed by atoms with van der Waals surface area (Å²) in [5, 5.41) is 14.6. The van der Waals surface area contributed by atoms with Crippen LogP contribution in [-0.2, 0) is 0 Å².